The van der Waals surface area contributed by atoms with Crippen molar-refractivity contribution in [3.63, 3.8) is 0 Å². The predicted octanol–water partition coefficient (Wildman–Crippen LogP) is 3.22. The molecule has 0 aliphatic rings. The second-order valence-electron chi connectivity index (χ2n) is 5.26. The van der Waals surface area contributed by atoms with E-state index in [1.807, 2.05) is 14.0 Å². The molecule has 0 fully saturated rings. The number of aromatic nitrogens is 2. The van der Waals surface area contributed by atoms with Crippen LogP contribution in [0.3, 0.4) is 0 Å². The predicted molar refractivity (Wildman–Crippen MR) is 87.7 cm³/mol. The van der Waals surface area contributed by atoms with Gasteiger partial charge >= 0.3 is 0 Å². The zero-order valence-electron chi connectivity index (χ0n) is 12.7. The number of rotatable bonds is 7. The summed E-state index contributed by atoms with van der Waals surface area (Å²) in [6.45, 7) is 5.74. The molecule has 2 heterocycles. The minimum Gasteiger partial charge on any atom is -0.395 e. The lowest BCUT2D eigenvalue weighted by Gasteiger charge is -2.29. The van der Waals surface area contributed by atoms with Crippen LogP contribution in [0.1, 0.15) is 30.2 Å². The Kier molecular flexibility index (Phi) is 5.81. The van der Waals surface area contributed by atoms with E-state index in [1.54, 1.807) is 16.0 Å². The van der Waals surface area contributed by atoms with E-state index >= 15 is 0 Å². The lowest BCUT2D eigenvalue weighted by atomic mass is 10.1. The van der Waals surface area contributed by atoms with E-state index in [9.17, 15) is 5.11 Å². The Labute approximate surface area is 135 Å². The van der Waals surface area contributed by atoms with Gasteiger partial charge in [-0.1, -0.05) is 18.5 Å². The van der Waals surface area contributed by atoms with Crippen LogP contribution in [0.15, 0.2) is 16.8 Å². The van der Waals surface area contributed by atoms with Crippen LogP contribution < -0.4 is 0 Å². The largest absolute Gasteiger partial charge is 0.395 e. The van der Waals surface area contributed by atoms with E-state index in [0.717, 1.165) is 24.2 Å². The second kappa shape index (κ2) is 7.40. The molecule has 1 N–H and O–H groups in total. The molecule has 0 bridgehead atoms. The number of aliphatic hydroxyl groups is 1. The maximum Gasteiger partial charge on any atom is 0.131 e. The van der Waals surface area contributed by atoms with Crippen LogP contribution in [0.25, 0.3) is 0 Å². The molecular formula is C15H22ClN3OS. The molecule has 0 spiro atoms. The van der Waals surface area contributed by atoms with Crippen molar-refractivity contribution < 1.29 is 5.11 Å². The first-order chi connectivity index (χ1) is 10.1. The summed E-state index contributed by atoms with van der Waals surface area (Å²) < 4.78 is 1.70. The Balaban J connectivity index is 2.22. The van der Waals surface area contributed by atoms with Crippen LogP contribution in [0, 0.1) is 6.92 Å². The van der Waals surface area contributed by atoms with E-state index in [0.29, 0.717) is 11.7 Å². The summed E-state index contributed by atoms with van der Waals surface area (Å²) in [5, 5.41) is 18.9. The molecular weight excluding hydrogens is 306 g/mol. The molecule has 0 amide bonds. The third-order valence-electron chi connectivity index (χ3n) is 3.80. The minimum absolute atomic E-state index is 0.126. The summed E-state index contributed by atoms with van der Waals surface area (Å²) in [4.78, 5) is 2.28. The van der Waals surface area contributed by atoms with Gasteiger partial charge in [-0.3, -0.25) is 9.58 Å². The second-order valence-corrected chi connectivity index (χ2v) is 6.40. The van der Waals surface area contributed by atoms with Crippen LogP contribution in [0.2, 0.25) is 5.15 Å². The number of aliphatic hydroxyl groups excluding tert-OH is 1. The number of aryl methyl sites for hydroxylation is 2. The monoisotopic (exact) mass is 327 g/mol. The zero-order chi connectivity index (χ0) is 15.4. The van der Waals surface area contributed by atoms with Crippen molar-refractivity contribution in [3.8, 4) is 0 Å². The first-order valence-corrected chi connectivity index (χ1v) is 8.42. The summed E-state index contributed by atoms with van der Waals surface area (Å²) in [6, 6.07) is 2.25. The summed E-state index contributed by atoms with van der Waals surface area (Å²) in [7, 11) is 1.85. The van der Waals surface area contributed by atoms with Crippen molar-refractivity contribution in [2.75, 3.05) is 6.61 Å². The highest BCUT2D eigenvalue weighted by Gasteiger charge is 2.21. The Morgan fingerprint density at radius 3 is 2.71 bits per heavy atom. The normalized spacial score (nSPS) is 13.0. The molecule has 0 radical (unpaired) electrons. The lowest BCUT2D eigenvalue weighted by molar-refractivity contribution is 0.106. The van der Waals surface area contributed by atoms with Gasteiger partial charge in [0.15, 0.2) is 0 Å². The van der Waals surface area contributed by atoms with E-state index in [2.05, 4.69) is 33.7 Å². The van der Waals surface area contributed by atoms with Gasteiger partial charge in [-0.05, 0) is 35.7 Å². The van der Waals surface area contributed by atoms with E-state index in [4.69, 9.17) is 11.6 Å². The maximum atomic E-state index is 9.65. The van der Waals surface area contributed by atoms with E-state index in [-0.39, 0.29) is 12.6 Å². The van der Waals surface area contributed by atoms with Crippen LogP contribution >= 0.6 is 22.9 Å². The molecule has 0 aliphatic carbocycles. The van der Waals surface area contributed by atoms with Gasteiger partial charge in [0, 0.05) is 31.7 Å². The highest BCUT2D eigenvalue weighted by molar-refractivity contribution is 7.07. The number of nitrogens with zero attached hydrogens (tertiary/aromatic N) is 3. The van der Waals surface area contributed by atoms with Gasteiger partial charge in [0.1, 0.15) is 5.15 Å². The van der Waals surface area contributed by atoms with Gasteiger partial charge in [-0.25, -0.2) is 0 Å². The third kappa shape index (κ3) is 3.86. The average molecular weight is 328 g/mol. The van der Waals surface area contributed by atoms with Crippen LogP contribution in [0.5, 0.6) is 0 Å². The fraction of sp³-hybridized carbons (Fsp3) is 0.533. The average Bonchev–Trinajstić information content (AvgIpc) is 3.04. The van der Waals surface area contributed by atoms with Gasteiger partial charge in [0.2, 0.25) is 0 Å². The van der Waals surface area contributed by atoms with Crippen molar-refractivity contribution in [2.45, 2.75) is 39.4 Å². The molecule has 0 unspecified atom stereocenters. The first kappa shape index (κ1) is 16.5. The highest BCUT2D eigenvalue weighted by Crippen LogP contribution is 2.23. The van der Waals surface area contributed by atoms with E-state index < -0.39 is 0 Å². The maximum absolute atomic E-state index is 9.65. The number of halogens is 1. The van der Waals surface area contributed by atoms with Crippen molar-refractivity contribution in [1.29, 1.82) is 0 Å². The summed E-state index contributed by atoms with van der Waals surface area (Å²) in [6.07, 6.45) is 0.900. The summed E-state index contributed by atoms with van der Waals surface area (Å²) in [5.74, 6) is 0. The first-order valence-electron chi connectivity index (χ1n) is 7.10. The van der Waals surface area contributed by atoms with Gasteiger partial charge in [-0.15, -0.1) is 0 Å². The molecule has 2 aromatic rings. The minimum atomic E-state index is 0.126. The number of hydrogen-bond acceptors (Lipinski definition) is 4. The molecule has 21 heavy (non-hydrogen) atoms. The molecule has 6 heteroatoms. The summed E-state index contributed by atoms with van der Waals surface area (Å²) in [5.41, 5.74) is 3.26. The van der Waals surface area contributed by atoms with Crippen molar-refractivity contribution in [3.05, 3.63) is 38.8 Å². The van der Waals surface area contributed by atoms with Gasteiger partial charge in [-0.2, -0.15) is 16.4 Å². The topological polar surface area (TPSA) is 41.3 Å². The summed E-state index contributed by atoms with van der Waals surface area (Å²) >= 11 is 8.04. The standard InChI is InChI=1S/C15H22ClN3OS/c1-4-13(9-20)19(7-12-5-6-21-10-12)8-14-11(2)17-18(3)15(14)16/h5-6,10,13,20H,4,7-9H2,1-3H3/t13-/m1/s1. The van der Waals surface area contributed by atoms with E-state index in [1.165, 1.54) is 5.56 Å². The van der Waals surface area contributed by atoms with Crippen molar-refractivity contribution >= 4 is 22.9 Å². The highest BCUT2D eigenvalue weighted by atomic mass is 35.5. The van der Waals surface area contributed by atoms with Gasteiger partial charge < -0.3 is 5.11 Å². The molecule has 2 rings (SSSR count). The number of hydrogen-bond donors (Lipinski definition) is 1. The Morgan fingerprint density at radius 1 is 1.48 bits per heavy atom. The van der Waals surface area contributed by atoms with Gasteiger partial charge in [0.05, 0.1) is 12.3 Å². The Bertz CT molecular complexity index is 564. The van der Waals surface area contributed by atoms with Gasteiger partial charge in [0.25, 0.3) is 0 Å². The van der Waals surface area contributed by atoms with Crippen LogP contribution in [-0.4, -0.2) is 32.4 Å². The quantitative estimate of drug-likeness (QED) is 0.849. The van der Waals surface area contributed by atoms with Crippen LogP contribution in [-0.2, 0) is 20.1 Å². The molecule has 2 aromatic heterocycles. The smallest absolute Gasteiger partial charge is 0.131 e. The Hall–Kier alpha value is -0.880. The number of thiophene rings is 1. The molecule has 0 saturated heterocycles. The SMILES string of the molecule is CC[C@H](CO)N(Cc1ccsc1)Cc1c(C)nn(C)c1Cl. The van der Waals surface area contributed by atoms with Crippen LogP contribution in [0.4, 0.5) is 0 Å². The fourth-order valence-corrected chi connectivity index (χ4v) is 3.38. The lowest BCUT2D eigenvalue weighted by Crippen LogP contribution is -2.36. The molecule has 0 aliphatic heterocycles. The molecule has 4 nitrogen and oxygen atoms in total. The Morgan fingerprint density at radius 2 is 2.24 bits per heavy atom. The molecule has 0 aromatic carbocycles. The van der Waals surface area contributed by atoms with Crippen molar-refractivity contribution in [2.24, 2.45) is 7.05 Å². The molecule has 1 atom stereocenters. The molecule has 0 saturated carbocycles. The fourth-order valence-electron chi connectivity index (χ4n) is 2.49. The van der Waals surface area contributed by atoms with Crippen molar-refractivity contribution in [1.82, 2.24) is 14.7 Å². The molecule has 116 valence electrons. The zero-order valence-corrected chi connectivity index (χ0v) is 14.3. The third-order valence-corrected chi connectivity index (χ3v) is 5.00.